The molecule has 26 heavy (non-hydrogen) atoms. The molecule has 0 radical (unpaired) electrons. The molecule has 3 heterocycles. The number of aromatic nitrogens is 2. The number of piperidine rings is 1. The fourth-order valence-corrected chi connectivity index (χ4v) is 5.46. The second kappa shape index (κ2) is 6.46. The van der Waals surface area contributed by atoms with Gasteiger partial charge in [0.2, 0.25) is 0 Å². The summed E-state index contributed by atoms with van der Waals surface area (Å²) in [5, 5.41) is 4.48. The number of rotatable bonds is 3. The quantitative estimate of drug-likeness (QED) is 0.849. The molecule has 1 aromatic heterocycles. The van der Waals surface area contributed by atoms with E-state index in [0.29, 0.717) is 11.8 Å². The maximum absolute atomic E-state index is 5.67. The molecule has 1 aliphatic carbocycles. The van der Waals surface area contributed by atoms with E-state index >= 15 is 0 Å². The van der Waals surface area contributed by atoms with Crippen molar-refractivity contribution in [3.05, 3.63) is 36.2 Å². The van der Waals surface area contributed by atoms with Gasteiger partial charge in [0.05, 0.1) is 5.41 Å². The van der Waals surface area contributed by atoms with Crippen LogP contribution in [0.5, 0.6) is 0 Å². The van der Waals surface area contributed by atoms with Crippen molar-refractivity contribution in [2.45, 2.75) is 43.6 Å². The summed E-state index contributed by atoms with van der Waals surface area (Å²) in [6.07, 6.45) is 6.38. The Bertz CT molecular complexity index is 752. The van der Waals surface area contributed by atoms with Crippen LogP contribution in [0.4, 0.5) is 0 Å². The molecule has 3 aliphatic rings. The van der Waals surface area contributed by atoms with Gasteiger partial charge in [0.1, 0.15) is 0 Å². The molecule has 5 heteroatoms. The Morgan fingerprint density at radius 2 is 1.92 bits per heavy atom. The molecule has 2 aromatic rings. The van der Waals surface area contributed by atoms with Gasteiger partial charge in [0.25, 0.3) is 5.89 Å². The SMILES string of the molecule is CN1CCC(N2CC3CCCC3(c3noc(-c4ccccc4)n3)C2)CC1. The van der Waals surface area contributed by atoms with Crippen molar-refractivity contribution < 1.29 is 4.52 Å². The van der Waals surface area contributed by atoms with Gasteiger partial charge in [0.15, 0.2) is 5.82 Å². The predicted octanol–water partition coefficient (Wildman–Crippen LogP) is 3.18. The average Bonchev–Trinajstić information content (AvgIpc) is 3.37. The van der Waals surface area contributed by atoms with E-state index < -0.39 is 0 Å². The molecule has 2 aliphatic heterocycles. The third kappa shape index (κ3) is 2.69. The Kier molecular flexibility index (Phi) is 4.09. The van der Waals surface area contributed by atoms with E-state index in [2.05, 4.69) is 22.0 Å². The molecule has 1 aromatic carbocycles. The van der Waals surface area contributed by atoms with E-state index in [4.69, 9.17) is 9.51 Å². The molecule has 0 N–H and O–H groups in total. The summed E-state index contributed by atoms with van der Waals surface area (Å²) >= 11 is 0. The summed E-state index contributed by atoms with van der Waals surface area (Å²) in [6.45, 7) is 4.77. The first kappa shape index (κ1) is 16.5. The third-order valence-electron chi connectivity index (χ3n) is 6.99. The first-order valence-corrected chi connectivity index (χ1v) is 10.1. The van der Waals surface area contributed by atoms with E-state index in [1.165, 1.54) is 51.7 Å². The van der Waals surface area contributed by atoms with Crippen LogP contribution in [0.2, 0.25) is 0 Å². The summed E-state index contributed by atoms with van der Waals surface area (Å²) in [5.41, 5.74) is 1.13. The molecule has 2 atom stereocenters. The van der Waals surface area contributed by atoms with Crippen LogP contribution < -0.4 is 0 Å². The smallest absolute Gasteiger partial charge is 0.257 e. The minimum atomic E-state index is 0.111. The molecule has 3 fully saturated rings. The number of benzene rings is 1. The fraction of sp³-hybridized carbons (Fsp3) is 0.619. The van der Waals surface area contributed by atoms with Gasteiger partial charge in [-0.15, -0.1) is 0 Å². The molecule has 0 amide bonds. The van der Waals surface area contributed by atoms with Gasteiger partial charge >= 0.3 is 0 Å². The van der Waals surface area contributed by atoms with Gasteiger partial charge in [0, 0.05) is 24.7 Å². The highest BCUT2D eigenvalue weighted by Crippen LogP contribution is 2.50. The van der Waals surface area contributed by atoms with Crippen molar-refractivity contribution in [2.24, 2.45) is 5.92 Å². The first-order valence-electron chi connectivity index (χ1n) is 10.1. The zero-order chi connectivity index (χ0) is 17.6. The van der Waals surface area contributed by atoms with Crippen molar-refractivity contribution in [1.82, 2.24) is 19.9 Å². The Morgan fingerprint density at radius 1 is 1.12 bits per heavy atom. The highest BCUT2D eigenvalue weighted by molar-refractivity contribution is 5.52. The van der Waals surface area contributed by atoms with Crippen LogP contribution in [0.25, 0.3) is 11.5 Å². The molecule has 1 saturated carbocycles. The van der Waals surface area contributed by atoms with Crippen LogP contribution >= 0.6 is 0 Å². The fourth-order valence-electron chi connectivity index (χ4n) is 5.46. The monoisotopic (exact) mass is 352 g/mol. The van der Waals surface area contributed by atoms with Crippen LogP contribution in [0.3, 0.4) is 0 Å². The van der Waals surface area contributed by atoms with Crippen molar-refractivity contribution in [3.63, 3.8) is 0 Å². The molecule has 5 rings (SSSR count). The minimum Gasteiger partial charge on any atom is -0.334 e. The molecule has 138 valence electrons. The van der Waals surface area contributed by atoms with Crippen LogP contribution in [0.15, 0.2) is 34.9 Å². The molecule has 2 unspecified atom stereocenters. The predicted molar refractivity (Wildman–Crippen MR) is 101 cm³/mol. The van der Waals surface area contributed by atoms with E-state index in [1.54, 1.807) is 0 Å². The lowest BCUT2D eigenvalue weighted by atomic mass is 9.80. The zero-order valence-electron chi connectivity index (χ0n) is 15.6. The lowest BCUT2D eigenvalue weighted by molar-refractivity contribution is 0.133. The van der Waals surface area contributed by atoms with E-state index in [1.807, 2.05) is 30.3 Å². The van der Waals surface area contributed by atoms with E-state index in [-0.39, 0.29) is 5.41 Å². The standard InChI is InChI=1S/C21H28N4O/c1-24-12-9-18(10-13-24)25-14-17-8-5-11-21(17,15-25)20-22-19(26-23-20)16-6-3-2-4-7-16/h2-4,6-7,17-18H,5,8-15H2,1H3. The van der Waals surface area contributed by atoms with Gasteiger partial charge in [-0.3, -0.25) is 4.90 Å². The molecule has 0 bridgehead atoms. The van der Waals surface area contributed by atoms with Gasteiger partial charge in [-0.2, -0.15) is 4.98 Å². The maximum Gasteiger partial charge on any atom is 0.257 e. The Morgan fingerprint density at radius 3 is 2.73 bits per heavy atom. The number of hydrogen-bond acceptors (Lipinski definition) is 5. The van der Waals surface area contributed by atoms with Crippen molar-refractivity contribution >= 4 is 0 Å². The summed E-state index contributed by atoms with van der Waals surface area (Å²) in [7, 11) is 2.24. The average molecular weight is 352 g/mol. The third-order valence-corrected chi connectivity index (χ3v) is 6.99. The maximum atomic E-state index is 5.67. The summed E-state index contributed by atoms with van der Waals surface area (Å²) in [5.74, 6) is 2.30. The summed E-state index contributed by atoms with van der Waals surface area (Å²) < 4.78 is 5.67. The van der Waals surface area contributed by atoms with Gasteiger partial charge in [-0.25, -0.2) is 0 Å². The van der Waals surface area contributed by atoms with Crippen LogP contribution in [0, 0.1) is 5.92 Å². The van der Waals surface area contributed by atoms with Gasteiger partial charge in [-0.1, -0.05) is 29.8 Å². The van der Waals surface area contributed by atoms with E-state index in [9.17, 15) is 0 Å². The van der Waals surface area contributed by atoms with Gasteiger partial charge in [-0.05, 0) is 63.9 Å². The number of likely N-dealkylation sites (tertiary alicyclic amines) is 2. The lowest BCUT2D eigenvalue weighted by Crippen LogP contribution is -2.44. The lowest BCUT2D eigenvalue weighted by Gasteiger charge is -2.36. The van der Waals surface area contributed by atoms with Crippen LogP contribution in [-0.2, 0) is 5.41 Å². The second-order valence-corrected chi connectivity index (χ2v) is 8.50. The van der Waals surface area contributed by atoms with Crippen molar-refractivity contribution in [2.75, 3.05) is 33.2 Å². The minimum absolute atomic E-state index is 0.111. The molecular formula is C21H28N4O. The summed E-state index contributed by atoms with van der Waals surface area (Å²) in [6, 6.07) is 10.9. The molecule has 0 spiro atoms. The van der Waals surface area contributed by atoms with E-state index in [0.717, 1.165) is 24.0 Å². The second-order valence-electron chi connectivity index (χ2n) is 8.50. The Labute approximate surface area is 155 Å². The molecule has 2 saturated heterocycles. The Hall–Kier alpha value is -1.72. The van der Waals surface area contributed by atoms with Crippen LogP contribution in [0.1, 0.15) is 37.9 Å². The highest BCUT2D eigenvalue weighted by atomic mass is 16.5. The topological polar surface area (TPSA) is 45.4 Å². The van der Waals surface area contributed by atoms with Gasteiger partial charge < -0.3 is 9.42 Å². The number of hydrogen-bond donors (Lipinski definition) is 0. The first-order chi connectivity index (χ1) is 12.7. The summed E-state index contributed by atoms with van der Waals surface area (Å²) in [4.78, 5) is 10.1. The normalized spacial score (nSPS) is 30.7. The molecular weight excluding hydrogens is 324 g/mol. The number of fused-ring (bicyclic) bond motifs is 1. The molecule has 5 nitrogen and oxygen atoms in total. The Balaban J connectivity index is 1.40. The van der Waals surface area contributed by atoms with Crippen LogP contribution in [-0.4, -0.2) is 59.2 Å². The highest BCUT2D eigenvalue weighted by Gasteiger charge is 2.54. The number of nitrogens with zero attached hydrogens (tertiary/aromatic N) is 4. The van der Waals surface area contributed by atoms with Crippen molar-refractivity contribution in [1.29, 1.82) is 0 Å². The zero-order valence-corrected chi connectivity index (χ0v) is 15.6. The van der Waals surface area contributed by atoms with Crippen molar-refractivity contribution in [3.8, 4) is 11.5 Å². The largest absolute Gasteiger partial charge is 0.334 e.